The zero-order valence-corrected chi connectivity index (χ0v) is 13.0. The number of unbranched alkanes of at least 4 members (excludes halogenated alkanes) is 2. The first-order valence-corrected chi connectivity index (χ1v) is 7.52. The molecule has 0 aliphatic carbocycles. The van der Waals surface area contributed by atoms with Gasteiger partial charge in [-0.25, -0.2) is 0 Å². The number of anilines is 2. The van der Waals surface area contributed by atoms with Crippen LogP contribution in [-0.4, -0.2) is 33.2 Å². The molecule has 0 spiro atoms. The first-order valence-electron chi connectivity index (χ1n) is 7.52. The molecule has 0 unspecified atom stereocenters. The molecule has 0 atom stereocenters. The second kappa shape index (κ2) is 7.10. The summed E-state index contributed by atoms with van der Waals surface area (Å²) in [6.07, 6.45) is 4.31. The SMILES string of the molecule is CCCCNc1nc(N)c2nc(OC)n(CCCC)c2n1. The highest BCUT2D eigenvalue weighted by atomic mass is 16.5. The number of ether oxygens (including phenoxy) is 1. The average molecular weight is 292 g/mol. The van der Waals surface area contributed by atoms with Crippen molar-refractivity contribution in [1.82, 2.24) is 19.5 Å². The van der Waals surface area contributed by atoms with Gasteiger partial charge in [-0.2, -0.15) is 15.0 Å². The Balaban J connectivity index is 2.38. The van der Waals surface area contributed by atoms with Gasteiger partial charge in [-0.05, 0) is 12.8 Å². The molecule has 2 heterocycles. The third-order valence-electron chi connectivity index (χ3n) is 3.32. The summed E-state index contributed by atoms with van der Waals surface area (Å²) < 4.78 is 7.29. The Bertz CT molecular complexity index is 595. The number of imidazole rings is 1. The lowest BCUT2D eigenvalue weighted by Gasteiger charge is -2.08. The minimum absolute atomic E-state index is 0.382. The molecule has 0 saturated heterocycles. The van der Waals surface area contributed by atoms with E-state index in [1.165, 1.54) is 0 Å². The summed E-state index contributed by atoms with van der Waals surface area (Å²) >= 11 is 0. The molecule has 116 valence electrons. The predicted molar refractivity (Wildman–Crippen MR) is 84.6 cm³/mol. The van der Waals surface area contributed by atoms with Gasteiger partial charge in [-0.15, -0.1) is 0 Å². The highest BCUT2D eigenvalue weighted by Crippen LogP contribution is 2.25. The van der Waals surface area contributed by atoms with E-state index in [-0.39, 0.29) is 0 Å². The van der Waals surface area contributed by atoms with E-state index in [1.807, 2.05) is 4.57 Å². The molecule has 0 aliphatic heterocycles. The number of hydrogen-bond acceptors (Lipinski definition) is 6. The number of aryl methyl sites for hydroxylation is 1. The molecule has 0 aromatic carbocycles. The van der Waals surface area contributed by atoms with Crippen molar-refractivity contribution in [3.05, 3.63) is 0 Å². The predicted octanol–water partition coefficient (Wildman–Crippen LogP) is 2.43. The fourth-order valence-corrected chi connectivity index (χ4v) is 2.13. The molecule has 0 radical (unpaired) electrons. The molecule has 3 N–H and O–H groups in total. The highest BCUT2D eigenvalue weighted by Gasteiger charge is 2.16. The van der Waals surface area contributed by atoms with Crippen LogP contribution in [0.1, 0.15) is 39.5 Å². The topological polar surface area (TPSA) is 90.9 Å². The van der Waals surface area contributed by atoms with E-state index in [9.17, 15) is 0 Å². The van der Waals surface area contributed by atoms with Crippen molar-refractivity contribution in [3.8, 4) is 6.01 Å². The van der Waals surface area contributed by atoms with Crippen molar-refractivity contribution in [3.63, 3.8) is 0 Å². The summed E-state index contributed by atoms with van der Waals surface area (Å²) in [7, 11) is 1.60. The van der Waals surface area contributed by atoms with E-state index in [0.717, 1.165) is 44.4 Å². The lowest BCUT2D eigenvalue weighted by atomic mass is 10.3. The van der Waals surface area contributed by atoms with E-state index in [0.29, 0.717) is 23.3 Å². The fourth-order valence-electron chi connectivity index (χ4n) is 2.13. The van der Waals surface area contributed by atoms with Crippen LogP contribution in [0.3, 0.4) is 0 Å². The van der Waals surface area contributed by atoms with E-state index < -0.39 is 0 Å². The fraction of sp³-hybridized carbons (Fsp3) is 0.643. The van der Waals surface area contributed by atoms with E-state index >= 15 is 0 Å². The molecular formula is C14H24N6O. The maximum atomic E-state index is 6.00. The van der Waals surface area contributed by atoms with Crippen LogP contribution < -0.4 is 15.8 Å². The minimum Gasteiger partial charge on any atom is -0.468 e. The third-order valence-corrected chi connectivity index (χ3v) is 3.32. The quantitative estimate of drug-likeness (QED) is 0.726. The summed E-state index contributed by atoms with van der Waals surface area (Å²) in [4.78, 5) is 13.2. The number of hydrogen-bond donors (Lipinski definition) is 2. The normalized spacial score (nSPS) is 11.0. The Morgan fingerprint density at radius 1 is 1.14 bits per heavy atom. The summed E-state index contributed by atoms with van der Waals surface area (Å²) in [5.74, 6) is 0.932. The second-order valence-electron chi connectivity index (χ2n) is 4.99. The first kappa shape index (κ1) is 15.3. The summed E-state index contributed by atoms with van der Waals surface area (Å²) in [6, 6.07) is 0.533. The summed E-state index contributed by atoms with van der Waals surface area (Å²) in [5, 5.41) is 3.20. The molecule has 7 nitrogen and oxygen atoms in total. The molecular weight excluding hydrogens is 268 g/mol. The van der Waals surface area contributed by atoms with Gasteiger partial charge in [0, 0.05) is 13.1 Å². The van der Waals surface area contributed by atoms with Crippen molar-refractivity contribution in [2.75, 3.05) is 24.7 Å². The van der Waals surface area contributed by atoms with Crippen LogP contribution >= 0.6 is 0 Å². The monoisotopic (exact) mass is 292 g/mol. The Labute approximate surface area is 124 Å². The van der Waals surface area contributed by atoms with E-state index in [4.69, 9.17) is 10.5 Å². The number of nitrogens with one attached hydrogen (secondary N) is 1. The minimum atomic E-state index is 0.382. The van der Waals surface area contributed by atoms with Crippen molar-refractivity contribution >= 4 is 22.9 Å². The third kappa shape index (κ3) is 3.34. The zero-order valence-electron chi connectivity index (χ0n) is 13.0. The van der Waals surface area contributed by atoms with Crippen LogP contribution in [0.5, 0.6) is 6.01 Å². The number of rotatable bonds is 8. The maximum absolute atomic E-state index is 6.00. The summed E-state index contributed by atoms with van der Waals surface area (Å²) in [6.45, 7) is 5.93. The Kier molecular flexibility index (Phi) is 5.19. The molecule has 7 heteroatoms. The van der Waals surface area contributed by atoms with Gasteiger partial charge in [0.05, 0.1) is 7.11 Å². The molecule has 2 rings (SSSR count). The highest BCUT2D eigenvalue weighted by molar-refractivity contribution is 5.84. The van der Waals surface area contributed by atoms with Gasteiger partial charge in [-0.3, -0.25) is 4.57 Å². The van der Waals surface area contributed by atoms with Gasteiger partial charge in [0.25, 0.3) is 6.01 Å². The Hall–Kier alpha value is -2.05. The molecule has 0 bridgehead atoms. The van der Waals surface area contributed by atoms with Gasteiger partial charge >= 0.3 is 0 Å². The average Bonchev–Trinajstić information content (AvgIpc) is 2.84. The largest absolute Gasteiger partial charge is 0.468 e. The molecule has 0 saturated carbocycles. The van der Waals surface area contributed by atoms with E-state index in [2.05, 4.69) is 34.1 Å². The molecule has 0 amide bonds. The Morgan fingerprint density at radius 3 is 2.57 bits per heavy atom. The van der Waals surface area contributed by atoms with E-state index in [1.54, 1.807) is 7.11 Å². The second-order valence-corrected chi connectivity index (χ2v) is 4.99. The summed E-state index contributed by atoms with van der Waals surface area (Å²) in [5.41, 5.74) is 7.33. The molecule has 2 aromatic rings. The maximum Gasteiger partial charge on any atom is 0.298 e. The molecule has 0 aliphatic rings. The van der Waals surface area contributed by atoms with Crippen LogP contribution in [0.25, 0.3) is 11.2 Å². The number of fused-ring (bicyclic) bond motifs is 1. The van der Waals surface area contributed by atoms with Gasteiger partial charge in [0.2, 0.25) is 5.95 Å². The number of aromatic nitrogens is 4. The van der Waals surface area contributed by atoms with Crippen LogP contribution in [0.15, 0.2) is 0 Å². The standard InChI is InChI=1S/C14H24N6O/c1-4-6-8-16-13-18-11(15)10-12(19-13)20(9-7-5-2)14(17-10)21-3/h4-9H2,1-3H3,(H3,15,16,18,19). The lowest BCUT2D eigenvalue weighted by molar-refractivity contribution is 0.357. The smallest absolute Gasteiger partial charge is 0.298 e. The van der Waals surface area contributed by atoms with Crippen molar-refractivity contribution in [1.29, 1.82) is 0 Å². The van der Waals surface area contributed by atoms with Gasteiger partial charge < -0.3 is 15.8 Å². The number of nitrogens with zero attached hydrogens (tertiary/aromatic N) is 4. The first-order chi connectivity index (χ1) is 10.2. The number of nitrogens with two attached hydrogens (primary N) is 1. The number of methoxy groups -OCH3 is 1. The lowest BCUT2D eigenvalue weighted by Crippen LogP contribution is -2.08. The van der Waals surface area contributed by atoms with Gasteiger partial charge in [-0.1, -0.05) is 26.7 Å². The van der Waals surface area contributed by atoms with Gasteiger partial charge in [0.15, 0.2) is 17.0 Å². The van der Waals surface area contributed by atoms with Crippen molar-refractivity contribution in [2.45, 2.75) is 46.1 Å². The number of nitrogen functional groups attached to an aromatic ring is 1. The van der Waals surface area contributed by atoms with Gasteiger partial charge in [0.1, 0.15) is 0 Å². The Morgan fingerprint density at radius 2 is 1.90 bits per heavy atom. The van der Waals surface area contributed by atoms with Crippen molar-refractivity contribution < 1.29 is 4.74 Å². The zero-order chi connectivity index (χ0) is 15.2. The van der Waals surface area contributed by atoms with Crippen LogP contribution in [0.2, 0.25) is 0 Å². The molecule has 2 aromatic heterocycles. The van der Waals surface area contributed by atoms with Crippen molar-refractivity contribution in [2.24, 2.45) is 0 Å². The molecule has 0 fully saturated rings. The molecule has 21 heavy (non-hydrogen) atoms. The van der Waals surface area contributed by atoms with Crippen LogP contribution in [-0.2, 0) is 6.54 Å². The van der Waals surface area contributed by atoms with Crippen LogP contribution in [0, 0.1) is 0 Å². The van der Waals surface area contributed by atoms with Crippen LogP contribution in [0.4, 0.5) is 11.8 Å².